The van der Waals surface area contributed by atoms with Gasteiger partial charge in [-0.15, -0.1) is 0 Å². The molecule has 3 fully saturated rings. The number of nitrogens with zero attached hydrogens (tertiary/aromatic N) is 2. The van der Waals surface area contributed by atoms with E-state index in [1.165, 1.54) is 38.4 Å². The van der Waals surface area contributed by atoms with Gasteiger partial charge in [-0.05, 0) is 43.1 Å². The highest BCUT2D eigenvalue weighted by molar-refractivity contribution is 5.80. The van der Waals surface area contributed by atoms with E-state index in [4.69, 9.17) is 0 Å². The molecule has 3 saturated heterocycles. The molecule has 6 nitrogen and oxygen atoms in total. The lowest BCUT2D eigenvalue weighted by Crippen LogP contribution is -2.63. The molecule has 4 atom stereocenters. The first-order chi connectivity index (χ1) is 13.6. The Kier molecular flexibility index (Phi) is 5.85. The molecule has 4 rings (SSSR count). The molecule has 3 aliphatic rings. The molecule has 0 aliphatic carbocycles. The number of carbonyl (C=O) groups is 2. The zero-order valence-electron chi connectivity index (χ0n) is 16.7. The Hall–Kier alpha value is -2.08. The van der Waals surface area contributed by atoms with Crippen LogP contribution in [-0.2, 0) is 16.0 Å². The molecule has 28 heavy (non-hydrogen) atoms. The van der Waals surface area contributed by atoms with Crippen LogP contribution in [0.1, 0.15) is 31.2 Å². The van der Waals surface area contributed by atoms with Crippen LogP contribution in [0.4, 0.5) is 4.79 Å². The summed E-state index contributed by atoms with van der Waals surface area (Å²) in [4.78, 5) is 28.5. The van der Waals surface area contributed by atoms with Gasteiger partial charge in [-0.25, -0.2) is 4.79 Å². The number of fused-ring (bicyclic) bond motifs is 4. The van der Waals surface area contributed by atoms with Gasteiger partial charge in [-0.3, -0.25) is 9.69 Å². The van der Waals surface area contributed by atoms with E-state index in [9.17, 15) is 9.59 Å². The van der Waals surface area contributed by atoms with Crippen molar-refractivity contribution in [2.45, 2.75) is 44.2 Å². The number of hydrogen-bond donors (Lipinski definition) is 1. The molecule has 152 valence electrons. The summed E-state index contributed by atoms with van der Waals surface area (Å²) in [5.41, 5.74) is 1.42. The third-order valence-electron chi connectivity index (χ3n) is 6.73. The van der Waals surface area contributed by atoms with E-state index in [-0.39, 0.29) is 12.6 Å². The van der Waals surface area contributed by atoms with E-state index in [1.54, 1.807) is 0 Å². The zero-order valence-corrected chi connectivity index (χ0v) is 16.7. The fraction of sp³-hybridized carbons (Fsp3) is 0.636. The maximum absolute atomic E-state index is 12.5. The van der Waals surface area contributed by atoms with E-state index < -0.39 is 5.97 Å². The van der Waals surface area contributed by atoms with Gasteiger partial charge in [0.05, 0.1) is 7.11 Å². The Balaban J connectivity index is 1.39. The smallest absolute Gasteiger partial charge is 0.325 e. The number of likely N-dealkylation sites (tertiary alicyclic amines) is 1. The van der Waals surface area contributed by atoms with Crippen LogP contribution in [0.15, 0.2) is 30.3 Å². The van der Waals surface area contributed by atoms with Crippen LogP contribution in [0.5, 0.6) is 0 Å². The number of nitrogens with one attached hydrogen (secondary N) is 1. The first-order valence-corrected chi connectivity index (χ1v) is 10.5. The Bertz CT molecular complexity index is 696. The average molecular weight is 386 g/mol. The minimum atomic E-state index is -0.409. The van der Waals surface area contributed by atoms with Gasteiger partial charge in [-0.2, -0.15) is 0 Å². The van der Waals surface area contributed by atoms with Crippen LogP contribution in [0, 0.1) is 11.8 Å². The maximum atomic E-state index is 12.5. The fourth-order valence-electron chi connectivity index (χ4n) is 5.51. The lowest BCUT2D eigenvalue weighted by molar-refractivity contribution is -0.139. The molecule has 1 aromatic carbocycles. The summed E-state index contributed by atoms with van der Waals surface area (Å²) in [5.74, 6) is 0.651. The van der Waals surface area contributed by atoms with Gasteiger partial charge in [0.1, 0.15) is 6.54 Å². The first-order valence-electron chi connectivity index (χ1n) is 10.5. The van der Waals surface area contributed by atoms with Crippen LogP contribution in [0.25, 0.3) is 0 Å². The normalized spacial score (nSPS) is 29.7. The standard InChI is InChI=1S/C22H31N3O3/c1-28-21(26)12-23-22(27)24-13-17-10-18(15-24)20-9-5-8-19(25(20)14-17)11-16-6-3-2-4-7-16/h2-4,6-7,17-20H,5,8-15H2,1H3,(H,23,27)/t17-,18+,19+,20-/m0/s1. The molecule has 1 N–H and O–H groups in total. The topological polar surface area (TPSA) is 61.9 Å². The number of esters is 1. The highest BCUT2D eigenvalue weighted by atomic mass is 16.5. The van der Waals surface area contributed by atoms with E-state index in [1.807, 2.05) is 4.90 Å². The SMILES string of the molecule is COC(=O)CNC(=O)N1C[C@@H]2C[C@H](C1)[C@@H]1CCC[C@H](Cc3ccccc3)N1C2. The molecule has 1 aromatic rings. The van der Waals surface area contributed by atoms with Crippen molar-refractivity contribution in [2.24, 2.45) is 11.8 Å². The zero-order chi connectivity index (χ0) is 19.5. The van der Waals surface area contributed by atoms with E-state index >= 15 is 0 Å². The van der Waals surface area contributed by atoms with E-state index in [0.29, 0.717) is 23.9 Å². The second-order valence-corrected chi connectivity index (χ2v) is 8.54. The number of ether oxygens (including phenoxy) is 1. The Morgan fingerprint density at radius 3 is 2.75 bits per heavy atom. The second-order valence-electron chi connectivity index (χ2n) is 8.54. The van der Waals surface area contributed by atoms with Crippen LogP contribution >= 0.6 is 0 Å². The van der Waals surface area contributed by atoms with Crippen molar-refractivity contribution < 1.29 is 14.3 Å². The average Bonchev–Trinajstić information content (AvgIpc) is 2.73. The number of piperidine rings is 3. The Labute approximate surface area is 167 Å². The van der Waals surface area contributed by atoms with Crippen LogP contribution in [-0.4, -0.2) is 67.2 Å². The minimum Gasteiger partial charge on any atom is -0.468 e. The molecule has 3 aliphatic heterocycles. The summed E-state index contributed by atoms with van der Waals surface area (Å²) in [7, 11) is 1.34. The number of methoxy groups -OCH3 is 1. The minimum absolute atomic E-state index is 0.0597. The highest BCUT2D eigenvalue weighted by Crippen LogP contribution is 2.40. The predicted octanol–water partition coefficient (Wildman–Crippen LogP) is 2.29. The van der Waals surface area contributed by atoms with Crippen LogP contribution < -0.4 is 5.32 Å². The summed E-state index contributed by atoms with van der Waals surface area (Å²) < 4.78 is 4.61. The van der Waals surface area contributed by atoms with Gasteiger partial charge >= 0.3 is 12.0 Å². The highest BCUT2D eigenvalue weighted by Gasteiger charge is 2.45. The van der Waals surface area contributed by atoms with Crippen LogP contribution in [0.3, 0.4) is 0 Å². The molecule has 0 aromatic heterocycles. The summed E-state index contributed by atoms with van der Waals surface area (Å²) in [6.45, 7) is 2.60. The monoisotopic (exact) mass is 385 g/mol. The Morgan fingerprint density at radius 1 is 1.14 bits per heavy atom. The first kappa shape index (κ1) is 19.2. The third-order valence-corrected chi connectivity index (χ3v) is 6.73. The van der Waals surface area contributed by atoms with Gasteiger partial charge < -0.3 is 15.0 Å². The summed E-state index contributed by atoms with van der Waals surface area (Å²) >= 11 is 0. The van der Waals surface area contributed by atoms with Crippen LogP contribution in [0.2, 0.25) is 0 Å². The quantitative estimate of drug-likeness (QED) is 0.808. The third kappa shape index (κ3) is 4.17. The summed E-state index contributed by atoms with van der Waals surface area (Å²) in [6.07, 6.45) is 6.13. The van der Waals surface area contributed by atoms with Gasteiger partial charge in [-0.1, -0.05) is 36.8 Å². The Morgan fingerprint density at radius 2 is 1.96 bits per heavy atom. The van der Waals surface area contributed by atoms with Crippen molar-refractivity contribution in [3.63, 3.8) is 0 Å². The number of carbonyl (C=O) groups excluding carboxylic acids is 2. The lowest BCUT2D eigenvalue weighted by atomic mass is 9.74. The van der Waals surface area contributed by atoms with E-state index in [0.717, 1.165) is 26.1 Å². The maximum Gasteiger partial charge on any atom is 0.325 e. The van der Waals surface area contributed by atoms with Crippen molar-refractivity contribution in [1.29, 1.82) is 0 Å². The second kappa shape index (κ2) is 8.52. The van der Waals surface area contributed by atoms with E-state index in [2.05, 4.69) is 45.3 Å². The van der Waals surface area contributed by atoms with Crippen molar-refractivity contribution in [1.82, 2.24) is 15.1 Å². The molecule has 0 spiro atoms. The molecule has 3 heterocycles. The van der Waals surface area contributed by atoms with Gasteiger partial charge in [0, 0.05) is 31.7 Å². The molecule has 0 radical (unpaired) electrons. The number of urea groups is 1. The number of rotatable bonds is 4. The van der Waals surface area contributed by atoms with Crippen molar-refractivity contribution >= 4 is 12.0 Å². The molecular weight excluding hydrogens is 354 g/mol. The molecule has 0 saturated carbocycles. The van der Waals surface area contributed by atoms with Gasteiger partial charge in [0.25, 0.3) is 0 Å². The molecular formula is C22H31N3O3. The molecule has 6 heteroatoms. The lowest BCUT2D eigenvalue weighted by Gasteiger charge is -2.55. The van der Waals surface area contributed by atoms with Crippen molar-refractivity contribution in [3.05, 3.63) is 35.9 Å². The molecule has 2 bridgehead atoms. The fourth-order valence-corrected chi connectivity index (χ4v) is 5.51. The number of amides is 2. The van der Waals surface area contributed by atoms with Gasteiger partial charge in [0.15, 0.2) is 0 Å². The van der Waals surface area contributed by atoms with Crippen molar-refractivity contribution in [3.8, 4) is 0 Å². The number of benzene rings is 1. The largest absolute Gasteiger partial charge is 0.468 e. The summed E-state index contributed by atoms with van der Waals surface area (Å²) in [6, 6.07) is 11.9. The van der Waals surface area contributed by atoms with Crippen molar-refractivity contribution in [2.75, 3.05) is 33.3 Å². The van der Waals surface area contributed by atoms with Gasteiger partial charge in [0.2, 0.25) is 0 Å². The molecule has 2 amide bonds. The summed E-state index contributed by atoms with van der Waals surface area (Å²) in [5, 5.41) is 2.70. The molecule has 0 unspecified atom stereocenters. The number of hydrogen-bond acceptors (Lipinski definition) is 4. The predicted molar refractivity (Wildman–Crippen MR) is 107 cm³/mol.